The zero-order chi connectivity index (χ0) is 26.2. The predicted molar refractivity (Wildman–Crippen MR) is 139 cm³/mol. The van der Waals surface area contributed by atoms with Gasteiger partial charge in [0.25, 0.3) is 5.91 Å². The molecule has 1 amide bonds. The lowest BCUT2D eigenvalue weighted by Crippen LogP contribution is -2.32. The van der Waals surface area contributed by atoms with E-state index in [0.717, 1.165) is 42.6 Å². The second-order valence-electron chi connectivity index (χ2n) is 9.50. The van der Waals surface area contributed by atoms with Crippen LogP contribution in [0.25, 0.3) is 0 Å². The average Bonchev–Trinajstić information content (AvgIpc) is 2.87. The summed E-state index contributed by atoms with van der Waals surface area (Å²) in [5.41, 5.74) is 2.30. The molecule has 2 atom stereocenters. The fourth-order valence-corrected chi connectivity index (χ4v) is 4.87. The van der Waals surface area contributed by atoms with Crippen LogP contribution >= 0.6 is 11.6 Å². The van der Waals surface area contributed by atoms with Gasteiger partial charge in [-0.1, -0.05) is 17.7 Å². The number of aliphatic hydroxyl groups excluding tert-OH is 1. The van der Waals surface area contributed by atoms with Gasteiger partial charge in [0.05, 0.1) is 42.9 Å². The molecule has 3 N–H and O–H groups in total. The van der Waals surface area contributed by atoms with E-state index in [1.165, 1.54) is 13.3 Å². The van der Waals surface area contributed by atoms with Crippen LogP contribution in [0.1, 0.15) is 67.1 Å². The summed E-state index contributed by atoms with van der Waals surface area (Å²) >= 11 is 6.47. The van der Waals surface area contributed by atoms with Crippen LogP contribution in [-0.2, 0) is 16.0 Å². The second-order valence-corrected chi connectivity index (χ2v) is 9.91. The minimum Gasteiger partial charge on any atom is -0.496 e. The molecule has 1 saturated carbocycles. The molecule has 0 spiro atoms. The maximum absolute atomic E-state index is 12.7. The lowest BCUT2D eigenvalue weighted by Gasteiger charge is -2.27. The van der Waals surface area contributed by atoms with Crippen molar-refractivity contribution in [3.8, 4) is 5.75 Å². The molecule has 0 saturated heterocycles. The van der Waals surface area contributed by atoms with E-state index in [1.807, 2.05) is 25.1 Å². The number of nitrogens with one attached hydrogen (secondary N) is 2. The molecule has 0 radical (unpaired) electrons. The Labute approximate surface area is 217 Å². The maximum atomic E-state index is 12.7. The van der Waals surface area contributed by atoms with Crippen LogP contribution in [0.2, 0.25) is 5.02 Å². The van der Waals surface area contributed by atoms with E-state index in [1.54, 1.807) is 20.1 Å². The molecule has 0 bridgehead atoms. The predicted octanol–water partition coefficient (Wildman–Crippen LogP) is 4.55. The topological polar surface area (TPSA) is 110 Å². The van der Waals surface area contributed by atoms with E-state index in [9.17, 15) is 14.7 Å². The van der Waals surface area contributed by atoms with Gasteiger partial charge in [-0.25, -0.2) is 4.98 Å². The van der Waals surface area contributed by atoms with Crippen molar-refractivity contribution in [2.24, 2.45) is 11.8 Å². The Morgan fingerprint density at radius 1 is 1.17 bits per heavy atom. The van der Waals surface area contributed by atoms with Gasteiger partial charge in [0, 0.05) is 18.3 Å². The molecular formula is C27H36ClN3O5. The Morgan fingerprint density at radius 3 is 2.50 bits per heavy atom. The first-order chi connectivity index (χ1) is 17.2. The van der Waals surface area contributed by atoms with Gasteiger partial charge in [-0.2, -0.15) is 0 Å². The number of carbonyl (C=O) groups is 2. The number of methoxy groups -OCH3 is 2. The van der Waals surface area contributed by atoms with Crippen LogP contribution in [0.5, 0.6) is 5.75 Å². The smallest absolute Gasteiger partial charge is 0.308 e. The first kappa shape index (κ1) is 27.7. The number of aliphatic hydroxyl groups is 1. The lowest BCUT2D eigenvalue weighted by molar-refractivity contribution is -0.146. The highest BCUT2D eigenvalue weighted by Crippen LogP contribution is 2.32. The zero-order valence-corrected chi connectivity index (χ0v) is 22.1. The number of benzene rings is 1. The summed E-state index contributed by atoms with van der Waals surface area (Å²) in [7, 11) is 3.03. The Balaban J connectivity index is 1.59. The van der Waals surface area contributed by atoms with E-state index in [0.29, 0.717) is 35.3 Å². The van der Waals surface area contributed by atoms with Gasteiger partial charge >= 0.3 is 5.97 Å². The molecular weight excluding hydrogens is 482 g/mol. The molecule has 1 heterocycles. The molecule has 196 valence electrons. The largest absolute Gasteiger partial charge is 0.496 e. The molecule has 1 aromatic heterocycles. The fourth-order valence-electron chi connectivity index (χ4n) is 4.65. The minimum absolute atomic E-state index is 0.0342. The molecule has 1 aliphatic rings. The highest BCUT2D eigenvalue weighted by Gasteiger charge is 2.27. The molecule has 1 fully saturated rings. The molecule has 9 heteroatoms. The molecule has 8 nitrogen and oxygen atoms in total. The Kier molecular flexibility index (Phi) is 9.96. The lowest BCUT2D eigenvalue weighted by atomic mass is 9.82. The van der Waals surface area contributed by atoms with Crippen LogP contribution < -0.4 is 15.4 Å². The minimum atomic E-state index is -0.445. The van der Waals surface area contributed by atoms with Gasteiger partial charge in [0.15, 0.2) is 0 Å². The van der Waals surface area contributed by atoms with Crippen LogP contribution in [0.3, 0.4) is 0 Å². The zero-order valence-electron chi connectivity index (χ0n) is 21.3. The van der Waals surface area contributed by atoms with E-state index in [-0.39, 0.29) is 23.8 Å². The normalized spacial score (nSPS) is 19.2. The Bertz CT molecular complexity index is 1050. The van der Waals surface area contributed by atoms with E-state index in [2.05, 4.69) is 15.6 Å². The fraction of sp³-hybridized carbons (Fsp3) is 0.519. The first-order valence-electron chi connectivity index (χ1n) is 12.3. The summed E-state index contributed by atoms with van der Waals surface area (Å²) in [6, 6.07) is 7.24. The van der Waals surface area contributed by atoms with Gasteiger partial charge in [-0.05, 0) is 75.6 Å². The number of aromatic nitrogens is 1. The Morgan fingerprint density at radius 2 is 1.89 bits per heavy atom. The number of esters is 1. The number of anilines is 1. The van der Waals surface area contributed by atoms with Crippen LogP contribution in [0, 0.1) is 11.8 Å². The molecule has 36 heavy (non-hydrogen) atoms. The SMILES string of the molecule is COC(=O)C1CCC(CNC(=O)c2cnc(N[C@@H](C)c3cc(CC(C)O)ccc3OC)c(Cl)c2)CC1. The van der Waals surface area contributed by atoms with Crippen molar-refractivity contribution < 1.29 is 24.2 Å². The quantitative estimate of drug-likeness (QED) is 0.396. The number of hydrogen-bond acceptors (Lipinski definition) is 7. The van der Waals surface area contributed by atoms with Crippen molar-refractivity contribution in [2.75, 3.05) is 26.1 Å². The summed E-state index contributed by atoms with van der Waals surface area (Å²) < 4.78 is 10.3. The summed E-state index contributed by atoms with van der Waals surface area (Å²) in [5.74, 6) is 1.10. The third-order valence-electron chi connectivity index (χ3n) is 6.68. The van der Waals surface area contributed by atoms with Gasteiger partial charge in [0.2, 0.25) is 0 Å². The molecule has 2 aromatic rings. The van der Waals surface area contributed by atoms with Gasteiger partial charge in [0.1, 0.15) is 11.6 Å². The van der Waals surface area contributed by atoms with Crippen molar-refractivity contribution in [1.82, 2.24) is 10.3 Å². The molecule has 1 aromatic carbocycles. The van der Waals surface area contributed by atoms with E-state index >= 15 is 0 Å². The number of halogens is 1. The number of pyridine rings is 1. The highest BCUT2D eigenvalue weighted by atomic mass is 35.5. The van der Waals surface area contributed by atoms with Crippen molar-refractivity contribution in [1.29, 1.82) is 0 Å². The van der Waals surface area contributed by atoms with E-state index < -0.39 is 6.10 Å². The standard InChI is InChI=1S/C27H36ClN3O5/c1-16(32)11-19-7-10-24(35-3)22(12-19)17(2)31-25-23(28)13-21(15-29-25)26(33)30-14-18-5-8-20(9-6-18)27(34)36-4/h7,10,12-13,15-18,20,32H,5-6,8-9,11,14H2,1-4H3,(H,29,31)(H,30,33)/t16?,17-,18?,20?/m0/s1. The van der Waals surface area contributed by atoms with Gasteiger partial charge < -0.3 is 25.2 Å². The molecule has 1 unspecified atom stereocenters. The number of carbonyl (C=O) groups excluding carboxylic acids is 2. The van der Waals surface area contributed by atoms with Crippen molar-refractivity contribution in [3.05, 3.63) is 52.2 Å². The van der Waals surface area contributed by atoms with Crippen molar-refractivity contribution in [2.45, 2.75) is 58.1 Å². The monoisotopic (exact) mass is 517 g/mol. The number of amides is 1. The summed E-state index contributed by atoms with van der Waals surface area (Å²) in [6.45, 7) is 4.27. The molecule has 0 aliphatic heterocycles. The van der Waals surface area contributed by atoms with E-state index in [4.69, 9.17) is 21.1 Å². The number of rotatable bonds is 10. The third-order valence-corrected chi connectivity index (χ3v) is 6.97. The number of nitrogens with zero attached hydrogens (tertiary/aromatic N) is 1. The Hall–Kier alpha value is -2.84. The second kappa shape index (κ2) is 12.9. The van der Waals surface area contributed by atoms with Crippen LogP contribution in [-0.4, -0.2) is 48.8 Å². The summed E-state index contributed by atoms with van der Waals surface area (Å²) in [5, 5.41) is 16.3. The average molecular weight is 518 g/mol. The van der Waals surface area contributed by atoms with Crippen molar-refractivity contribution >= 4 is 29.3 Å². The maximum Gasteiger partial charge on any atom is 0.308 e. The number of hydrogen-bond donors (Lipinski definition) is 3. The summed E-state index contributed by atoms with van der Waals surface area (Å²) in [4.78, 5) is 28.8. The van der Waals surface area contributed by atoms with Gasteiger partial charge in [-0.3, -0.25) is 9.59 Å². The van der Waals surface area contributed by atoms with Crippen molar-refractivity contribution in [3.63, 3.8) is 0 Å². The van der Waals surface area contributed by atoms with Gasteiger partial charge in [-0.15, -0.1) is 0 Å². The van der Waals surface area contributed by atoms with Crippen LogP contribution in [0.4, 0.5) is 5.82 Å². The molecule has 1 aliphatic carbocycles. The third kappa shape index (κ3) is 7.34. The number of ether oxygens (including phenoxy) is 2. The highest BCUT2D eigenvalue weighted by molar-refractivity contribution is 6.33. The summed E-state index contributed by atoms with van der Waals surface area (Å²) in [6.07, 6.45) is 4.92. The van der Waals surface area contributed by atoms with Crippen LogP contribution in [0.15, 0.2) is 30.5 Å². The first-order valence-corrected chi connectivity index (χ1v) is 12.7. The molecule has 3 rings (SSSR count).